The van der Waals surface area contributed by atoms with Gasteiger partial charge in [-0.3, -0.25) is 9.59 Å². The monoisotopic (exact) mass is 827 g/mol. The van der Waals surface area contributed by atoms with Crippen LogP contribution in [0.4, 0.5) is 0 Å². The molecular weight excluding hydrogens is 743 g/mol. The number of carboxylic acids is 1. The molecule has 2 atom stereocenters. The first-order chi connectivity index (χ1) is 28.6. The molecule has 2 unspecified atom stereocenters. The van der Waals surface area contributed by atoms with Crippen LogP contribution in [0.2, 0.25) is 0 Å². The zero-order valence-electron chi connectivity index (χ0n) is 37.9. The average molecular weight is 827 g/mol. The lowest BCUT2D eigenvalue weighted by Crippen LogP contribution is -2.40. The van der Waals surface area contributed by atoms with Crippen molar-refractivity contribution in [2.45, 2.75) is 167 Å². The molecule has 0 heterocycles. The molecule has 0 aromatic carbocycles. The van der Waals surface area contributed by atoms with Crippen molar-refractivity contribution in [3.63, 3.8) is 0 Å². The van der Waals surface area contributed by atoms with Crippen LogP contribution < -0.4 is 0 Å². The number of ether oxygens (including phenoxy) is 4. The van der Waals surface area contributed by atoms with Crippen molar-refractivity contribution >= 4 is 17.9 Å². The van der Waals surface area contributed by atoms with E-state index in [4.69, 9.17) is 18.9 Å². The van der Waals surface area contributed by atoms with Crippen molar-refractivity contribution < 1.29 is 42.9 Å². The number of carbonyl (C=O) groups is 3. The molecule has 0 radical (unpaired) electrons. The zero-order chi connectivity index (χ0) is 43.5. The molecular formula is C50H84NO8+. The Morgan fingerprint density at radius 1 is 0.525 bits per heavy atom. The van der Waals surface area contributed by atoms with Gasteiger partial charge >= 0.3 is 17.9 Å². The normalized spacial score (nSPS) is 13.7. The molecule has 9 heteroatoms. The maximum absolute atomic E-state index is 12.7. The number of hydrogen-bond donors (Lipinski definition) is 1. The Morgan fingerprint density at radius 3 is 1.44 bits per heavy atom. The molecule has 0 aromatic rings. The third-order valence-corrected chi connectivity index (χ3v) is 9.17. The van der Waals surface area contributed by atoms with Crippen molar-refractivity contribution in [2.75, 3.05) is 47.5 Å². The molecule has 0 saturated heterocycles. The standard InChI is InChI=1S/C50H83NO8/c1-6-8-10-12-14-16-17-18-19-20-21-22-23-24-25-26-27-28-29-30-31-33-35-37-39-41-48(53)59-46(45-58-50(49(54)55)56-43-42-51(3,4)5)44-57-47(52)40-38-36-34-32-15-13-11-9-7-2/h8,10,14,16,18-19,21-22,24-25,27-28,30-31,46,50H,6-7,9,11-13,15,17,20,23,26,29,32-45H2,1-5H3/p+1/b10-8-,16-14-,19-18-,22-21-,25-24-,28-27-,31-30-. The lowest BCUT2D eigenvalue weighted by Gasteiger charge is -2.25. The minimum absolute atomic E-state index is 0.177. The summed E-state index contributed by atoms with van der Waals surface area (Å²) < 4.78 is 22.6. The lowest BCUT2D eigenvalue weighted by molar-refractivity contribution is -0.870. The van der Waals surface area contributed by atoms with Crippen LogP contribution in [0.25, 0.3) is 0 Å². The lowest BCUT2D eigenvalue weighted by atomic mass is 10.1. The van der Waals surface area contributed by atoms with Gasteiger partial charge in [0.15, 0.2) is 6.10 Å². The van der Waals surface area contributed by atoms with Crippen LogP contribution in [0, 0.1) is 0 Å². The Kier molecular flexibility index (Phi) is 38.7. The predicted octanol–water partition coefficient (Wildman–Crippen LogP) is 12.1. The van der Waals surface area contributed by atoms with Gasteiger partial charge in [-0.15, -0.1) is 0 Å². The minimum atomic E-state index is -1.52. The molecule has 0 rings (SSSR count). The first kappa shape index (κ1) is 55.5. The van der Waals surface area contributed by atoms with Gasteiger partial charge in [-0.25, -0.2) is 4.79 Å². The summed E-state index contributed by atoms with van der Waals surface area (Å²) in [6.45, 7) is 4.66. The van der Waals surface area contributed by atoms with E-state index >= 15 is 0 Å². The number of esters is 2. The molecule has 0 spiro atoms. The third kappa shape index (κ3) is 42.4. The van der Waals surface area contributed by atoms with Gasteiger partial charge in [-0.1, -0.05) is 157 Å². The molecule has 1 N–H and O–H groups in total. The van der Waals surface area contributed by atoms with Gasteiger partial charge in [-0.05, 0) is 70.6 Å². The number of aliphatic carboxylic acids is 1. The molecule has 0 saturated carbocycles. The zero-order valence-corrected chi connectivity index (χ0v) is 37.9. The number of nitrogens with zero attached hydrogens (tertiary/aromatic N) is 1. The summed E-state index contributed by atoms with van der Waals surface area (Å²) >= 11 is 0. The van der Waals surface area contributed by atoms with Crippen molar-refractivity contribution in [1.82, 2.24) is 0 Å². The number of rotatable bonds is 40. The van der Waals surface area contributed by atoms with Gasteiger partial charge in [0.05, 0.1) is 34.4 Å². The molecule has 0 fully saturated rings. The second-order valence-corrected chi connectivity index (χ2v) is 16.0. The Bertz CT molecular complexity index is 1240. The quantitative estimate of drug-likeness (QED) is 0.0214. The Balaban J connectivity index is 4.44. The highest BCUT2D eigenvalue weighted by atomic mass is 16.7. The minimum Gasteiger partial charge on any atom is -0.477 e. The second kappa shape index (κ2) is 41.2. The van der Waals surface area contributed by atoms with E-state index in [1.807, 2.05) is 21.1 Å². The van der Waals surface area contributed by atoms with Gasteiger partial charge in [-0.2, -0.15) is 0 Å². The number of unbranched alkanes of at least 4 members (excludes halogenated alkanes) is 11. The first-order valence-corrected chi connectivity index (χ1v) is 22.8. The maximum Gasteiger partial charge on any atom is 0.361 e. The number of quaternary nitrogens is 1. The van der Waals surface area contributed by atoms with Crippen molar-refractivity contribution in [3.05, 3.63) is 85.1 Å². The van der Waals surface area contributed by atoms with Gasteiger partial charge in [0, 0.05) is 12.8 Å². The summed E-state index contributed by atoms with van der Waals surface area (Å²) in [5.74, 6) is -2.07. The molecule has 9 nitrogen and oxygen atoms in total. The summed E-state index contributed by atoms with van der Waals surface area (Å²) in [6.07, 6.45) is 49.4. The Morgan fingerprint density at radius 2 is 0.966 bits per heavy atom. The average Bonchev–Trinajstić information content (AvgIpc) is 3.19. The summed E-state index contributed by atoms with van der Waals surface area (Å²) in [4.78, 5) is 37.0. The highest BCUT2D eigenvalue weighted by Crippen LogP contribution is 2.12. The van der Waals surface area contributed by atoms with Crippen LogP contribution in [0.3, 0.4) is 0 Å². The highest BCUT2D eigenvalue weighted by molar-refractivity contribution is 5.71. The number of allylic oxidation sites excluding steroid dienone is 14. The molecule has 0 aliphatic heterocycles. The van der Waals surface area contributed by atoms with Crippen molar-refractivity contribution in [1.29, 1.82) is 0 Å². The van der Waals surface area contributed by atoms with E-state index in [1.165, 1.54) is 38.5 Å². The second-order valence-electron chi connectivity index (χ2n) is 16.0. The van der Waals surface area contributed by atoms with Crippen molar-refractivity contribution in [3.8, 4) is 0 Å². The number of carbonyl (C=O) groups excluding carboxylic acids is 2. The van der Waals surface area contributed by atoms with E-state index in [2.05, 4.69) is 98.9 Å². The van der Waals surface area contributed by atoms with Crippen molar-refractivity contribution in [2.24, 2.45) is 0 Å². The molecule has 59 heavy (non-hydrogen) atoms. The van der Waals surface area contributed by atoms with Gasteiger partial charge in [0.2, 0.25) is 0 Å². The first-order valence-electron chi connectivity index (χ1n) is 22.8. The van der Waals surface area contributed by atoms with Crippen LogP contribution in [-0.2, 0) is 33.3 Å². The number of carboxylic acid groups (broad SMARTS) is 1. The Labute approximate surface area is 359 Å². The van der Waals surface area contributed by atoms with Crippen LogP contribution >= 0.6 is 0 Å². The summed E-state index contributed by atoms with van der Waals surface area (Å²) in [6, 6.07) is 0. The van der Waals surface area contributed by atoms with E-state index in [0.29, 0.717) is 23.9 Å². The topological polar surface area (TPSA) is 108 Å². The summed E-state index contributed by atoms with van der Waals surface area (Å²) in [5.41, 5.74) is 0. The predicted molar refractivity (Wildman–Crippen MR) is 244 cm³/mol. The van der Waals surface area contributed by atoms with E-state index in [-0.39, 0.29) is 32.2 Å². The molecule has 0 aliphatic carbocycles. The number of likely N-dealkylation sites (N-methyl/N-ethyl adjacent to an activating group) is 1. The number of hydrogen-bond acceptors (Lipinski definition) is 7. The summed E-state index contributed by atoms with van der Waals surface area (Å²) in [5, 5.41) is 9.62. The van der Waals surface area contributed by atoms with E-state index in [1.54, 1.807) is 0 Å². The van der Waals surface area contributed by atoms with E-state index in [9.17, 15) is 19.5 Å². The molecule has 0 aromatic heterocycles. The van der Waals surface area contributed by atoms with Gasteiger partial charge in [0.25, 0.3) is 6.29 Å². The Hall–Kier alpha value is -3.53. The van der Waals surface area contributed by atoms with Gasteiger partial charge in [0.1, 0.15) is 13.2 Å². The fourth-order valence-corrected chi connectivity index (χ4v) is 5.64. The molecule has 0 bridgehead atoms. The largest absolute Gasteiger partial charge is 0.477 e. The molecule has 0 aliphatic rings. The van der Waals surface area contributed by atoms with Gasteiger partial charge < -0.3 is 28.5 Å². The molecule has 0 amide bonds. The van der Waals surface area contributed by atoms with Crippen LogP contribution in [0.5, 0.6) is 0 Å². The third-order valence-electron chi connectivity index (χ3n) is 9.17. The summed E-state index contributed by atoms with van der Waals surface area (Å²) in [7, 11) is 5.93. The van der Waals surface area contributed by atoms with E-state index in [0.717, 1.165) is 83.5 Å². The molecule has 336 valence electrons. The maximum atomic E-state index is 12.7. The highest BCUT2D eigenvalue weighted by Gasteiger charge is 2.25. The van der Waals surface area contributed by atoms with Crippen LogP contribution in [0.15, 0.2) is 85.1 Å². The van der Waals surface area contributed by atoms with E-state index < -0.39 is 24.3 Å². The fourth-order valence-electron chi connectivity index (χ4n) is 5.64. The fraction of sp³-hybridized carbons (Fsp3) is 0.660. The SMILES string of the molecule is CC/C=C\C/C=C\C/C=C\C/C=C\C/C=C\C/C=C\C/C=C\CCCCCC(=O)OC(COC(=O)CCCCCCCCCCC)COC(OCC[N+](C)(C)C)C(=O)O. The smallest absolute Gasteiger partial charge is 0.361 e. The van der Waals surface area contributed by atoms with Crippen LogP contribution in [0.1, 0.15) is 155 Å². The van der Waals surface area contributed by atoms with Crippen LogP contribution in [-0.4, -0.2) is 87.4 Å².